The molecule has 90 valence electrons. The second-order valence-electron chi connectivity index (χ2n) is 2.84. The lowest BCUT2D eigenvalue weighted by molar-refractivity contribution is 0.167. The second-order valence-corrected chi connectivity index (χ2v) is 5.36. The van der Waals surface area contributed by atoms with Gasteiger partial charge in [0.1, 0.15) is 0 Å². The van der Waals surface area contributed by atoms with Gasteiger partial charge in [0.2, 0.25) is 0 Å². The van der Waals surface area contributed by atoms with Crippen molar-refractivity contribution in [2.24, 2.45) is 0 Å². The van der Waals surface area contributed by atoms with E-state index in [9.17, 15) is 22.4 Å². The molecule has 0 bridgehead atoms. The molecule has 0 aliphatic heterocycles. The lowest BCUT2D eigenvalue weighted by Gasteiger charge is -2.20. The lowest BCUT2D eigenvalue weighted by atomic mass is 10.3. The highest BCUT2D eigenvalue weighted by Gasteiger charge is 2.42. The molecular weight excluding hydrogens is 248 g/mol. The number of benzene rings is 1. The fraction of sp³-hybridized carbons (Fsp3) is 0.250. The average Bonchev–Trinajstić information content (AvgIpc) is 2.30. The van der Waals surface area contributed by atoms with Crippen LogP contribution < -0.4 is 5.19 Å². The Morgan fingerprint density at radius 1 is 1.00 bits per heavy atom. The molecule has 1 aromatic rings. The van der Waals surface area contributed by atoms with Gasteiger partial charge in [0.15, 0.2) is 23.3 Å². The van der Waals surface area contributed by atoms with Crippen molar-refractivity contribution in [2.45, 2.75) is 0 Å². The topological polar surface area (TPSA) is 38.7 Å². The summed E-state index contributed by atoms with van der Waals surface area (Å²) in [6, 6.07) is 0.312. The third kappa shape index (κ3) is 1.96. The van der Waals surface area contributed by atoms with Crippen LogP contribution in [0.1, 0.15) is 0 Å². The molecule has 16 heavy (non-hydrogen) atoms. The highest BCUT2D eigenvalue weighted by atomic mass is 28.4. The van der Waals surface area contributed by atoms with Crippen molar-refractivity contribution in [2.75, 3.05) is 14.2 Å². The van der Waals surface area contributed by atoms with Crippen LogP contribution in [0, 0.1) is 23.3 Å². The van der Waals surface area contributed by atoms with Gasteiger partial charge in [-0.1, -0.05) is 0 Å². The minimum absolute atomic E-state index is 0.312. The Bertz CT molecular complexity index is 409. The Labute approximate surface area is 89.6 Å². The molecule has 0 unspecified atom stereocenters. The zero-order valence-corrected chi connectivity index (χ0v) is 9.35. The smallest absolute Gasteiger partial charge is 0.386 e. The van der Waals surface area contributed by atoms with Crippen molar-refractivity contribution < 1.29 is 31.2 Å². The summed E-state index contributed by atoms with van der Waals surface area (Å²) in [5.41, 5.74) is 0. The van der Waals surface area contributed by atoms with E-state index in [2.05, 4.69) is 8.85 Å². The van der Waals surface area contributed by atoms with Crippen LogP contribution in [0.25, 0.3) is 0 Å². The molecular formula is C8H8F4O3Si. The normalized spacial score (nSPS) is 11.9. The first-order valence-electron chi connectivity index (χ1n) is 4.03. The van der Waals surface area contributed by atoms with Crippen molar-refractivity contribution in [1.82, 2.24) is 0 Å². The van der Waals surface area contributed by atoms with Gasteiger partial charge in [-0.05, 0) is 6.07 Å². The standard InChI is InChI=1S/C8H8F4O3Si/c1-14-16(13,15-2)5-3-4(9)6(10)8(12)7(5)11/h3,13H,1-2H3. The van der Waals surface area contributed by atoms with Gasteiger partial charge < -0.3 is 13.6 Å². The average molecular weight is 256 g/mol. The molecule has 0 amide bonds. The van der Waals surface area contributed by atoms with Gasteiger partial charge in [-0.15, -0.1) is 0 Å². The Balaban J connectivity index is 3.46. The summed E-state index contributed by atoms with van der Waals surface area (Å²) in [6.07, 6.45) is 0. The van der Waals surface area contributed by atoms with Crippen molar-refractivity contribution in [3.05, 3.63) is 29.3 Å². The monoisotopic (exact) mass is 256 g/mol. The van der Waals surface area contributed by atoms with E-state index in [1.165, 1.54) is 0 Å². The van der Waals surface area contributed by atoms with E-state index in [0.717, 1.165) is 14.2 Å². The summed E-state index contributed by atoms with van der Waals surface area (Å²) in [7, 11) is -2.26. The molecule has 0 fully saturated rings. The molecule has 3 nitrogen and oxygen atoms in total. The van der Waals surface area contributed by atoms with E-state index >= 15 is 0 Å². The van der Waals surface area contributed by atoms with E-state index in [0.29, 0.717) is 6.07 Å². The number of halogens is 4. The van der Waals surface area contributed by atoms with E-state index in [4.69, 9.17) is 0 Å². The molecule has 0 atom stereocenters. The molecule has 0 saturated heterocycles. The van der Waals surface area contributed by atoms with Crippen LogP contribution in [-0.2, 0) is 8.85 Å². The maximum atomic E-state index is 13.2. The fourth-order valence-electron chi connectivity index (χ4n) is 1.11. The lowest BCUT2D eigenvalue weighted by Crippen LogP contribution is -2.54. The summed E-state index contributed by atoms with van der Waals surface area (Å²) < 4.78 is 60.5. The zero-order chi connectivity index (χ0) is 12.5. The molecule has 0 heterocycles. The van der Waals surface area contributed by atoms with Crippen LogP contribution in [-0.4, -0.2) is 27.8 Å². The zero-order valence-electron chi connectivity index (χ0n) is 8.35. The Hall–Kier alpha value is -0.963. The van der Waals surface area contributed by atoms with Gasteiger partial charge in [0, 0.05) is 14.2 Å². The Morgan fingerprint density at radius 2 is 1.50 bits per heavy atom. The van der Waals surface area contributed by atoms with Gasteiger partial charge >= 0.3 is 8.80 Å². The fourth-order valence-corrected chi connectivity index (χ4v) is 2.41. The molecule has 0 aromatic heterocycles. The van der Waals surface area contributed by atoms with E-state index < -0.39 is 37.3 Å². The van der Waals surface area contributed by atoms with Crippen LogP contribution in [0.4, 0.5) is 17.6 Å². The molecule has 0 saturated carbocycles. The molecule has 0 aliphatic rings. The van der Waals surface area contributed by atoms with Crippen molar-refractivity contribution in [1.29, 1.82) is 0 Å². The summed E-state index contributed by atoms with van der Waals surface area (Å²) in [5, 5.41) is -0.853. The maximum absolute atomic E-state index is 13.2. The first-order valence-corrected chi connectivity index (χ1v) is 5.80. The number of hydrogen-bond donors (Lipinski definition) is 1. The van der Waals surface area contributed by atoms with Crippen LogP contribution in [0.15, 0.2) is 6.07 Å². The van der Waals surface area contributed by atoms with Gasteiger partial charge in [-0.2, -0.15) is 0 Å². The predicted octanol–water partition coefficient (Wildman–Crippen LogP) is 0.674. The van der Waals surface area contributed by atoms with Crippen LogP contribution in [0.2, 0.25) is 0 Å². The first-order chi connectivity index (χ1) is 7.37. The van der Waals surface area contributed by atoms with Gasteiger partial charge in [-0.25, -0.2) is 17.6 Å². The molecule has 8 heteroatoms. The highest BCUT2D eigenvalue weighted by Crippen LogP contribution is 2.15. The third-order valence-corrected chi connectivity index (χ3v) is 4.15. The van der Waals surface area contributed by atoms with Gasteiger partial charge in [0.05, 0.1) is 5.19 Å². The largest absolute Gasteiger partial charge is 0.537 e. The Morgan fingerprint density at radius 3 is 1.94 bits per heavy atom. The van der Waals surface area contributed by atoms with E-state index in [1.807, 2.05) is 0 Å². The van der Waals surface area contributed by atoms with Crippen LogP contribution in [0.3, 0.4) is 0 Å². The number of hydrogen-bond acceptors (Lipinski definition) is 3. The van der Waals surface area contributed by atoms with E-state index in [1.54, 1.807) is 0 Å². The molecule has 0 radical (unpaired) electrons. The minimum atomic E-state index is -4.23. The molecule has 1 aromatic carbocycles. The third-order valence-electron chi connectivity index (χ3n) is 2.00. The maximum Gasteiger partial charge on any atom is 0.537 e. The first kappa shape index (κ1) is 13.1. The minimum Gasteiger partial charge on any atom is -0.386 e. The molecule has 0 aliphatic carbocycles. The quantitative estimate of drug-likeness (QED) is 0.374. The SMILES string of the molecule is CO[Si](O)(OC)c1cc(F)c(F)c(F)c1F. The van der Waals surface area contributed by atoms with E-state index in [-0.39, 0.29) is 0 Å². The van der Waals surface area contributed by atoms with Gasteiger partial charge in [0.25, 0.3) is 0 Å². The summed E-state index contributed by atoms with van der Waals surface area (Å²) in [6.45, 7) is 0. The molecule has 1 rings (SSSR count). The molecule has 1 N–H and O–H groups in total. The molecule has 0 spiro atoms. The van der Waals surface area contributed by atoms with Gasteiger partial charge in [-0.3, -0.25) is 0 Å². The van der Waals surface area contributed by atoms with Crippen molar-refractivity contribution in [3.63, 3.8) is 0 Å². The van der Waals surface area contributed by atoms with Crippen molar-refractivity contribution >= 4 is 14.0 Å². The van der Waals surface area contributed by atoms with Crippen LogP contribution in [0.5, 0.6) is 0 Å². The predicted molar refractivity (Wildman–Crippen MR) is 47.9 cm³/mol. The summed E-state index contributed by atoms with van der Waals surface area (Å²) in [5.74, 6) is -7.33. The highest BCUT2D eigenvalue weighted by molar-refractivity contribution is 6.74. The Kier molecular flexibility index (Phi) is 3.68. The summed E-state index contributed by atoms with van der Waals surface area (Å²) >= 11 is 0. The second kappa shape index (κ2) is 4.50. The number of rotatable bonds is 3. The van der Waals surface area contributed by atoms with Crippen LogP contribution >= 0.6 is 0 Å². The summed E-state index contributed by atoms with van der Waals surface area (Å²) in [4.78, 5) is 9.62. The van der Waals surface area contributed by atoms with Crippen molar-refractivity contribution in [3.8, 4) is 0 Å².